The average molecular weight is 368 g/mol. The molecule has 0 unspecified atom stereocenters. The lowest BCUT2D eigenvalue weighted by Crippen LogP contribution is -2.15. The predicted molar refractivity (Wildman–Crippen MR) is 105 cm³/mol. The molecule has 4 rings (SSSR count). The van der Waals surface area contributed by atoms with Crippen LogP contribution in [-0.4, -0.2) is 14.5 Å². The van der Waals surface area contributed by atoms with Crippen LogP contribution in [0.4, 0.5) is 0 Å². The van der Waals surface area contributed by atoms with Crippen LogP contribution >= 0.6 is 0 Å². The van der Waals surface area contributed by atoms with Gasteiger partial charge in [0.1, 0.15) is 23.4 Å². The molecule has 2 heterocycles. The highest BCUT2D eigenvalue weighted by Gasteiger charge is 2.09. The van der Waals surface area contributed by atoms with Crippen LogP contribution in [-0.2, 0) is 6.42 Å². The second-order valence-electron chi connectivity index (χ2n) is 6.16. The Kier molecular flexibility index (Phi) is 4.72. The number of nitrogens with zero attached hydrogens (tertiary/aromatic N) is 3. The number of nitriles is 1. The molecule has 0 saturated heterocycles. The van der Waals surface area contributed by atoms with Gasteiger partial charge in [-0.3, -0.25) is 9.36 Å². The molecule has 0 radical (unpaired) electrons. The zero-order valence-corrected chi connectivity index (χ0v) is 14.9. The first-order valence-electron chi connectivity index (χ1n) is 8.70. The first kappa shape index (κ1) is 17.3. The fourth-order valence-corrected chi connectivity index (χ4v) is 2.91. The Balaban J connectivity index is 1.65. The Morgan fingerprint density at radius 3 is 2.82 bits per heavy atom. The smallest absolute Gasteiger partial charge is 0.255 e. The Bertz CT molecular complexity index is 1200. The van der Waals surface area contributed by atoms with Crippen LogP contribution < -0.4 is 10.3 Å². The summed E-state index contributed by atoms with van der Waals surface area (Å²) in [6.45, 7) is 0. The quantitative estimate of drug-likeness (QED) is 0.580. The van der Waals surface area contributed by atoms with Crippen LogP contribution in [0.3, 0.4) is 0 Å². The summed E-state index contributed by atoms with van der Waals surface area (Å²) in [7, 11) is 0. The van der Waals surface area contributed by atoms with Gasteiger partial charge in [-0.1, -0.05) is 18.2 Å². The number of H-pyrrole nitrogens is 1. The van der Waals surface area contributed by atoms with Gasteiger partial charge in [0.25, 0.3) is 5.56 Å². The monoisotopic (exact) mass is 368 g/mol. The second-order valence-corrected chi connectivity index (χ2v) is 6.16. The van der Waals surface area contributed by atoms with Gasteiger partial charge in [-0.2, -0.15) is 5.26 Å². The molecule has 2 aromatic heterocycles. The minimum Gasteiger partial charge on any atom is -0.456 e. The summed E-state index contributed by atoms with van der Waals surface area (Å²) in [6.07, 6.45) is 5.78. The van der Waals surface area contributed by atoms with Crippen LogP contribution in [0.15, 0.2) is 84.0 Å². The number of imidazole rings is 1. The lowest BCUT2D eigenvalue weighted by atomic mass is 10.1. The number of ether oxygens (including phenoxy) is 1. The second kappa shape index (κ2) is 7.64. The number of hydrogen-bond donors (Lipinski definition) is 1. The largest absolute Gasteiger partial charge is 0.456 e. The zero-order chi connectivity index (χ0) is 19.3. The summed E-state index contributed by atoms with van der Waals surface area (Å²) in [5.41, 5.74) is 1.97. The van der Waals surface area contributed by atoms with E-state index in [1.807, 2.05) is 24.3 Å². The molecule has 0 atom stereocenters. The number of hydrogen-bond acceptors (Lipinski definition) is 4. The molecule has 136 valence electrons. The molecule has 1 N–H and O–H groups in total. The first-order valence-corrected chi connectivity index (χ1v) is 8.70. The molecule has 0 amide bonds. The van der Waals surface area contributed by atoms with E-state index in [1.54, 1.807) is 48.9 Å². The third kappa shape index (κ3) is 3.69. The van der Waals surface area contributed by atoms with Crippen molar-refractivity contribution in [1.82, 2.24) is 14.5 Å². The lowest BCUT2D eigenvalue weighted by Gasteiger charge is -2.11. The Labute approximate surface area is 161 Å². The first-order chi connectivity index (χ1) is 13.7. The molecule has 0 saturated carbocycles. The number of benzene rings is 2. The van der Waals surface area contributed by atoms with Gasteiger partial charge in [0.15, 0.2) is 0 Å². The zero-order valence-electron chi connectivity index (χ0n) is 14.9. The van der Waals surface area contributed by atoms with E-state index in [-0.39, 0.29) is 5.56 Å². The van der Waals surface area contributed by atoms with E-state index in [0.717, 1.165) is 11.4 Å². The molecular formula is C22H16N4O2. The molecule has 0 spiro atoms. The maximum absolute atomic E-state index is 12.1. The number of rotatable bonds is 5. The van der Waals surface area contributed by atoms with E-state index in [4.69, 9.17) is 4.74 Å². The maximum Gasteiger partial charge on any atom is 0.255 e. The van der Waals surface area contributed by atoms with Crippen LogP contribution in [0.5, 0.6) is 11.5 Å². The lowest BCUT2D eigenvalue weighted by molar-refractivity contribution is 0.480. The van der Waals surface area contributed by atoms with E-state index in [2.05, 4.69) is 16.0 Å². The Morgan fingerprint density at radius 2 is 2.04 bits per heavy atom. The van der Waals surface area contributed by atoms with Gasteiger partial charge in [-0.15, -0.1) is 0 Å². The summed E-state index contributed by atoms with van der Waals surface area (Å²) < 4.78 is 7.53. The van der Waals surface area contributed by atoms with E-state index in [9.17, 15) is 10.1 Å². The van der Waals surface area contributed by atoms with Crippen molar-refractivity contribution >= 4 is 0 Å². The fraction of sp³-hybridized carbons (Fsp3) is 0.0455. The SMILES string of the molecule is N#Cc1ccc(Cc2ncc[nH]2)cc1Oc1cccc(-n2ccccc2=O)c1. The van der Waals surface area contributed by atoms with E-state index >= 15 is 0 Å². The van der Waals surface area contributed by atoms with Crippen molar-refractivity contribution in [2.45, 2.75) is 6.42 Å². The fourth-order valence-electron chi connectivity index (χ4n) is 2.91. The molecule has 6 nitrogen and oxygen atoms in total. The third-order valence-electron chi connectivity index (χ3n) is 4.24. The molecule has 28 heavy (non-hydrogen) atoms. The minimum atomic E-state index is -0.127. The molecule has 6 heteroatoms. The van der Waals surface area contributed by atoms with Crippen molar-refractivity contribution < 1.29 is 4.74 Å². The van der Waals surface area contributed by atoms with Gasteiger partial charge >= 0.3 is 0 Å². The van der Waals surface area contributed by atoms with Crippen molar-refractivity contribution in [1.29, 1.82) is 5.26 Å². The van der Waals surface area contributed by atoms with Gasteiger partial charge in [-0.05, 0) is 35.9 Å². The molecule has 0 fully saturated rings. The minimum absolute atomic E-state index is 0.127. The number of aromatic amines is 1. The Morgan fingerprint density at radius 1 is 1.11 bits per heavy atom. The van der Waals surface area contributed by atoms with Crippen molar-refractivity contribution in [3.05, 3.63) is 107 Å². The van der Waals surface area contributed by atoms with Crippen LogP contribution in [0.25, 0.3) is 5.69 Å². The standard InChI is InChI=1S/C22H16N4O2/c23-15-17-8-7-16(13-21-24-9-10-25-21)12-20(17)28-19-5-3-4-18(14-19)26-11-2-1-6-22(26)27/h1-12,14H,13H2,(H,24,25). The summed E-state index contributed by atoms with van der Waals surface area (Å²) in [5.74, 6) is 1.84. The van der Waals surface area contributed by atoms with Crippen molar-refractivity contribution in [2.75, 3.05) is 0 Å². The van der Waals surface area contributed by atoms with Gasteiger partial charge in [0.05, 0.1) is 11.3 Å². The van der Waals surface area contributed by atoms with E-state index in [0.29, 0.717) is 29.2 Å². The van der Waals surface area contributed by atoms with Gasteiger partial charge < -0.3 is 9.72 Å². The van der Waals surface area contributed by atoms with Crippen LogP contribution in [0, 0.1) is 11.3 Å². The van der Waals surface area contributed by atoms with Crippen molar-refractivity contribution in [3.63, 3.8) is 0 Å². The number of aromatic nitrogens is 3. The molecule has 0 aliphatic rings. The Hall–Kier alpha value is -4.11. The topological polar surface area (TPSA) is 83.7 Å². The highest BCUT2D eigenvalue weighted by atomic mass is 16.5. The van der Waals surface area contributed by atoms with Crippen molar-refractivity contribution in [2.24, 2.45) is 0 Å². The average Bonchev–Trinajstić information content (AvgIpc) is 3.22. The molecule has 0 aliphatic carbocycles. The summed E-state index contributed by atoms with van der Waals surface area (Å²) in [4.78, 5) is 19.3. The maximum atomic E-state index is 12.1. The van der Waals surface area contributed by atoms with Crippen LogP contribution in [0.1, 0.15) is 17.0 Å². The summed E-state index contributed by atoms with van der Waals surface area (Å²) in [6, 6.07) is 19.8. The summed E-state index contributed by atoms with van der Waals surface area (Å²) in [5, 5.41) is 9.42. The molecule has 2 aromatic carbocycles. The molecule has 4 aromatic rings. The number of nitrogens with one attached hydrogen (secondary N) is 1. The van der Waals surface area contributed by atoms with Gasteiger partial charge in [0.2, 0.25) is 0 Å². The summed E-state index contributed by atoms with van der Waals surface area (Å²) >= 11 is 0. The van der Waals surface area contributed by atoms with Gasteiger partial charge in [-0.25, -0.2) is 4.98 Å². The van der Waals surface area contributed by atoms with Gasteiger partial charge in [0, 0.05) is 37.1 Å². The molecular weight excluding hydrogens is 352 g/mol. The predicted octanol–water partition coefficient (Wildman–Crippen LogP) is 3.82. The third-order valence-corrected chi connectivity index (χ3v) is 4.24. The molecule has 0 aliphatic heterocycles. The molecule has 0 bridgehead atoms. The van der Waals surface area contributed by atoms with E-state index in [1.165, 1.54) is 10.6 Å². The van der Waals surface area contributed by atoms with Crippen molar-refractivity contribution in [3.8, 4) is 23.3 Å². The normalized spacial score (nSPS) is 10.4. The van der Waals surface area contributed by atoms with Crippen LogP contribution in [0.2, 0.25) is 0 Å². The highest BCUT2D eigenvalue weighted by Crippen LogP contribution is 2.28. The highest BCUT2D eigenvalue weighted by molar-refractivity contribution is 5.49. The van der Waals surface area contributed by atoms with E-state index < -0.39 is 0 Å². The number of pyridine rings is 1.